The van der Waals surface area contributed by atoms with Crippen molar-refractivity contribution < 1.29 is 23.9 Å². The first kappa shape index (κ1) is 17.0. The predicted molar refractivity (Wildman–Crippen MR) is 88.8 cm³/mol. The average Bonchev–Trinajstić information content (AvgIpc) is 3.28. The van der Waals surface area contributed by atoms with Crippen LogP contribution in [0.15, 0.2) is 24.3 Å². The van der Waals surface area contributed by atoms with Gasteiger partial charge in [0.15, 0.2) is 0 Å². The van der Waals surface area contributed by atoms with Gasteiger partial charge in [0.25, 0.3) is 11.8 Å². The molecule has 25 heavy (non-hydrogen) atoms. The summed E-state index contributed by atoms with van der Waals surface area (Å²) in [6, 6.07) is 6.54. The van der Waals surface area contributed by atoms with Crippen molar-refractivity contribution in [2.24, 2.45) is 0 Å². The van der Waals surface area contributed by atoms with Crippen molar-refractivity contribution in [3.63, 3.8) is 0 Å². The van der Waals surface area contributed by atoms with Crippen LogP contribution in [0, 0.1) is 0 Å². The smallest absolute Gasteiger partial charge is 0.354 e. The van der Waals surface area contributed by atoms with Crippen molar-refractivity contribution in [3.05, 3.63) is 35.5 Å². The lowest BCUT2D eigenvalue weighted by Gasteiger charge is -2.11. The van der Waals surface area contributed by atoms with Gasteiger partial charge in [0.05, 0.1) is 6.61 Å². The van der Waals surface area contributed by atoms with Gasteiger partial charge >= 0.3 is 5.97 Å². The van der Waals surface area contributed by atoms with Gasteiger partial charge in [-0.25, -0.2) is 4.79 Å². The van der Waals surface area contributed by atoms with Crippen LogP contribution < -0.4 is 10.9 Å². The Morgan fingerprint density at radius 1 is 1.28 bits per heavy atom. The van der Waals surface area contributed by atoms with Crippen LogP contribution in [-0.2, 0) is 14.3 Å². The molecule has 1 aromatic heterocycles. The number of esters is 1. The van der Waals surface area contributed by atoms with Crippen LogP contribution in [0.1, 0.15) is 40.6 Å². The molecular weight excluding hydrogens is 326 g/mol. The Labute approximate surface area is 143 Å². The largest absolute Gasteiger partial charge is 0.461 e. The van der Waals surface area contributed by atoms with Gasteiger partial charge in [-0.2, -0.15) is 0 Å². The molecule has 1 aliphatic heterocycles. The van der Waals surface area contributed by atoms with E-state index in [0.29, 0.717) is 35.2 Å². The zero-order valence-corrected chi connectivity index (χ0v) is 13.8. The van der Waals surface area contributed by atoms with Crippen LogP contribution >= 0.6 is 0 Å². The minimum Gasteiger partial charge on any atom is -0.461 e. The lowest BCUT2D eigenvalue weighted by molar-refractivity contribution is -0.130. The Morgan fingerprint density at radius 2 is 2.12 bits per heavy atom. The minimum absolute atomic E-state index is 0.284. The molecule has 1 saturated heterocycles. The Hall–Kier alpha value is -2.87. The number of rotatable bonds is 4. The van der Waals surface area contributed by atoms with E-state index in [1.165, 1.54) is 0 Å². The Bertz CT molecular complexity index is 808. The van der Waals surface area contributed by atoms with Gasteiger partial charge in [-0.1, -0.05) is 0 Å². The first-order chi connectivity index (χ1) is 12.1. The highest BCUT2D eigenvalue weighted by Gasteiger charge is 2.23. The number of hydrogen-bond donors (Lipinski definition) is 3. The number of nitrogens with one attached hydrogen (secondary N) is 3. The number of aromatic amines is 1. The second-order valence-corrected chi connectivity index (χ2v) is 5.65. The summed E-state index contributed by atoms with van der Waals surface area (Å²) in [5, 5.41) is 0.696. The van der Waals surface area contributed by atoms with Crippen molar-refractivity contribution in [3.8, 4) is 0 Å². The maximum Gasteiger partial charge on any atom is 0.354 e. The Balaban J connectivity index is 1.66. The van der Waals surface area contributed by atoms with Crippen molar-refractivity contribution in [2.45, 2.75) is 25.9 Å². The zero-order chi connectivity index (χ0) is 17.8. The van der Waals surface area contributed by atoms with Gasteiger partial charge in [0.1, 0.15) is 11.8 Å². The van der Waals surface area contributed by atoms with E-state index in [1.54, 1.807) is 31.2 Å². The average molecular weight is 345 g/mol. The number of hydrogen-bond acceptors (Lipinski definition) is 5. The highest BCUT2D eigenvalue weighted by Crippen LogP contribution is 2.18. The summed E-state index contributed by atoms with van der Waals surface area (Å²) in [5.74, 6) is -1.26. The molecule has 3 N–H and O–H groups in total. The van der Waals surface area contributed by atoms with Crippen molar-refractivity contribution in [2.75, 3.05) is 13.2 Å². The van der Waals surface area contributed by atoms with Crippen LogP contribution in [-0.4, -0.2) is 42.1 Å². The molecule has 1 aliphatic rings. The number of ether oxygens (including phenoxy) is 2. The minimum atomic E-state index is -0.514. The second kappa shape index (κ2) is 7.35. The van der Waals surface area contributed by atoms with E-state index in [2.05, 4.69) is 15.8 Å². The number of carbonyl (C=O) groups excluding carboxylic acids is 3. The van der Waals surface area contributed by atoms with Crippen molar-refractivity contribution >= 4 is 28.7 Å². The summed E-state index contributed by atoms with van der Waals surface area (Å²) in [6.45, 7) is 2.57. The first-order valence-electron chi connectivity index (χ1n) is 8.10. The van der Waals surface area contributed by atoms with Gasteiger partial charge in [-0.3, -0.25) is 20.4 Å². The number of H-pyrrole nitrogens is 1. The molecule has 1 atom stereocenters. The molecule has 0 radical (unpaired) electrons. The topological polar surface area (TPSA) is 110 Å². The van der Waals surface area contributed by atoms with Crippen LogP contribution in [0.4, 0.5) is 0 Å². The first-order valence-corrected chi connectivity index (χ1v) is 8.10. The van der Waals surface area contributed by atoms with Gasteiger partial charge in [0.2, 0.25) is 0 Å². The van der Waals surface area contributed by atoms with Crippen LogP contribution in [0.3, 0.4) is 0 Å². The lowest BCUT2D eigenvalue weighted by Crippen LogP contribution is -2.46. The summed E-state index contributed by atoms with van der Waals surface area (Å²) in [5.41, 5.74) is 6.12. The van der Waals surface area contributed by atoms with Gasteiger partial charge in [-0.05, 0) is 44.0 Å². The molecule has 8 nitrogen and oxygen atoms in total. The predicted octanol–water partition coefficient (Wildman–Crippen LogP) is 1.28. The van der Waals surface area contributed by atoms with Gasteiger partial charge < -0.3 is 14.5 Å². The van der Waals surface area contributed by atoms with E-state index in [-0.39, 0.29) is 12.5 Å². The quantitative estimate of drug-likeness (QED) is 0.571. The number of benzene rings is 1. The summed E-state index contributed by atoms with van der Waals surface area (Å²) >= 11 is 0. The van der Waals surface area contributed by atoms with Crippen LogP contribution in [0.5, 0.6) is 0 Å². The molecule has 3 rings (SSSR count). The Morgan fingerprint density at radius 3 is 2.84 bits per heavy atom. The third-order valence-electron chi connectivity index (χ3n) is 3.90. The van der Waals surface area contributed by atoms with E-state index in [0.717, 1.165) is 6.42 Å². The molecule has 8 heteroatoms. The fourth-order valence-electron chi connectivity index (χ4n) is 2.65. The highest BCUT2D eigenvalue weighted by atomic mass is 16.5. The van der Waals surface area contributed by atoms with Crippen LogP contribution in [0.2, 0.25) is 0 Å². The fraction of sp³-hybridized carbons (Fsp3) is 0.353. The molecule has 0 aliphatic carbocycles. The summed E-state index contributed by atoms with van der Waals surface area (Å²) in [4.78, 5) is 38.7. The molecule has 0 bridgehead atoms. The molecule has 0 spiro atoms. The van der Waals surface area contributed by atoms with E-state index in [1.807, 2.05) is 0 Å². The normalized spacial score (nSPS) is 16.6. The van der Waals surface area contributed by atoms with Gasteiger partial charge in [-0.15, -0.1) is 0 Å². The summed E-state index contributed by atoms with van der Waals surface area (Å²) in [7, 11) is 0. The maximum absolute atomic E-state index is 12.2. The number of fused-ring (bicyclic) bond motifs is 1. The van der Waals surface area contributed by atoms with E-state index >= 15 is 0 Å². The molecule has 0 unspecified atom stereocenters. The van der Waals surface area contributed by atoms with Gasteiger partial charge in [0, 0.05) is 23.1 Å². The van der Waals surface area contributed by atoms with E-state index < -0.39 is 18.0 Å². The molecule has 132 valence electrons. The second-order valence-electron chi connectivity index (χ2n) is 5.65. The molecule has 1 fully saturated rings. The summed E-state index contributed by atoms with van der Waals surface area (Å²) < 4.78 is 10.2. The standard InChI is InChI=1S/C17H19N3O5/c1-2-24-17(23)13-9-11-8-10(5-6-12(11)18-13)15(21)19-20-16(22)14-4-3-7-25-14/h5-6,8-9,14,18H,2-4,7H2,1H3,(H,19,21)(H,20,22)/t14-/m0/s1. The van der Waals surface area contributed by atoms with Crippen molar-refractivity contribution in [1.82, 2.24) is 15.8 Å². The zero-order valence-electron chi connectivity index (χ0n) is 13.8. The maximum atomic E-state index is 12.2. The highest BCUT2D eigenvalue weighted by molar-refractivity contribution is 6.01. The molecule has 2 heterocycles. The molecule has 0 saturated carbocycles. The lowest BCUT2D eigenvalue weighted by atomic mass is 10.1. The van der Waals surface area contributed by atoms with E-state index in [9.17, 15) is 14.4 Å². The monoisotopic (exact) mass is 345 g/mol. The molecule has 2 amide bonds. The van der Waals surface area contributed by atoms with E-state index in [4.69, 9.17) is 9.47 Å². The SMILES string of the molecule is CCOC(=O)c1cc2cc(C(=O)NNC(=O)[C@@H]3CCCO3)ccc2[nH]1. The molecule has 2 aromatic rings. The Kier molecular flexibility index (Phi) is 4.99. The summed E-state index contributed by atoms with van der Waals surface area (Å²) in [6.07, 6.45) is 0.965. The number of amides is 2. The molecule has 1 aromatic carbocycles. The molecular formula is C17H19N3O5. The number of carbonyl (C=O) groups is 3. The fourth-order valence-corrected chi connectivity index (χ4v) is 2.65. The van der Waals surface area contributed by atoms with Crippen molar-refractivity contribution in [1.29, 1.82) is 0 Å². The van der Waals surface area contributed by atoms with Crippen LogP contribution in [0.25, 0.3) is 10.9 Å². The third kappa shape index (κ3) is 3.80. The third-order valence-corrected chi connectivity index (χ3v) is 3.90. The number of hydrazine groups is 1. The number of aromatic nitrogens is 1.